The Morgan fingerprint density at radius 1 is 0.826 bits per heavy atom. The molecule has 2 rings (SSSR count). The highest BCUT2D eigenvalue weighted by Crippen LogP contribution is 2.34. The number of ether oxygens (including phenoxy) is 2. The summed E-state index contributed by atoms with van der Waals surface area (Å²) < 4.78 is 12.1. The van der Waals surface area contributed by atoms with E-state index in [1.165, 1.54) is 16.3 Å². The summed E-state index contributed by atoms with van der Waals surface area (Å²) in [5, 5.41) is 2.45. The van der Waals surface area contributed by atoms with Crippen LogP contribution in [0.5, 0.6) is 11.5 Å². The molecule has 0 heterocycles. The van der Waals surface area contributed by atoms with Crippen LogP contribution in [0.1, 0.15) is 46.1 Å². The molecule has 126 valence electrons. The molecule has 0 saturated heterocycles. The molecule has 2 aromatic carbocycles. The molecule has 0 bridgehead atoms. The lowest BCUT2D eigenvalue weighted by molar-refractivity contribution is 0.247. The highest BCUT2D eigenvalue weighted by molar-refractivity contribution is 5.88. The van der Waals surface area contributed by atoms with Gasteiger partial charge in [0.1, 0.15) is 0 Å². The molecule has 0 fully saturated rings. The van der Waals surface area contributed by atoms with Gasteiger partial charge in [-0.15, -0.1) is 0 Å². The van der Waals surface area contributed by atoms with Gasteiger partial charge < -0.3 is 9.47 Å². The zero-order chi connectivity index (χ0) is 16.8. The summed E-state index contributed by atoms with van der Waals surface area (Å²) in [6.45, 7) is 12.5. The van der Waals surface area contributed by atoms with E-state index in [0.717, 1.165) is 37.6 Å². The van der Waals surface area contributed by atoms with E-state index >= 15 is 0 Å². The van der Waals surface area contributed by atoms with Crippen molar-refractivity contribution < 1.29 is 9.47 Å². The first-order valence-electron chi connectivity index (χ1n) is 8.76. The Balaban J connectivity index is 2.24. The quantitative estimate of drug-likeness (QED) is 0.595. The topological polar surface area (TPSA) is 18.5 Å². The van der Waals surface area contributed by atoms with E-state index in [1.807, 2.05) is 0 Å². The molecule has 0 aliphatic rings. The molecular formula is C21H30O2. The number of aryl methyl sites for hydroxylation is 1. The monoisotopic (exact) mass is 314 g/mol. The van der Waals surface area contributed by atoms with Gasteiger partial charge in [-0.3, -0.25) is 0 Å². The first kappa shape index (κ1) is 17.7. The fourth-order valence-electron chi connectivity index (χ4n) is 2.48. The molecule has 0 N–H and O–H groups in total. The second kappa shape index (κ2) is 8.24. The van der Waals surface area contributed by atoms with Gasteiger partial charge in [-0.2, -0.15) is 0 Å². The van der Waals surface area contributed by atoms with Crippen LogP contribution >= 0.6 is 0 Å². The number of benzene rings is 2. The second-order valence-corrected chi connectivity index (χ2v) is 7.16. The fourth-order valence-corrected chi connectivity index (χ4v) is 2.48. The van der Waals surface area contributed by atoms with E-state index in [1.54, 1.807) is 0 Å². The third-order valence-corrected chi connectivity index (χ3v) is 4.07. The summed E-state index contributed by atoms with van der Waals surface area (Å²) in [7, 11) is 0. The standard InChI is InChI=1S/C21H30O2/c1-15(2)9-11-22-20-13-18-8-6-7-17(5)19(18)14-21(20)23-12-10-16(3)4/h6-8,13-16H,9-12H2,1-5H3. The molecule has 23 heavy (non-hydrogen) atoms. The van der Waals surface area contributed by atoms with Crippen LogP contribution < -0.4 is 9.47 Å². The van der Waals surface area contributed by atoms with E-state index in [2.05, 4.69) is 65.0 Å². The lowest BCUT2D eigenvalue weighted by Gasteiger charge is -2.16. The lowest BCUT2D eigenvalue weighted by Crippen LogP contribution is -2.06. The Labute approximate surface area is 140 Å². The zero-order valence-corrected chi connectivity index (χ0v) is 15.2. The van der Waals surface area contributed by atoms with Gasteiger partial charge >= 0.3 is 0 Å². The minimum atomic E-state index is 0.641. The van der Waals surface area contributed by atoms with Crippen LogP contribution in [-0.2, 0) is 0 Å². The first-order chi connectivity index (χ1) is 11.0. The average Bonchev–Trinajstić information content (AvgIpc) is 2.47. The summed E-state index contributed by atoms with van der Waals surface area (Å²) >= 11 is 0. The summed E-state index contributed by atoms with van der Waals surface area (Å²) in [6.07, 6.45) is 2.11. The van der Waals surface area contributed by atoms with Crippen LogP contribution in [0.15, 0.2) is 30.3 Å². The number of hydrogen-bond acceptors (Lipinski definition) is 2. The van der Waals surface area contributed by atoms with E-state index in [0.29, 0.717) is 11.8 Å². The van der Waals surface area contributed by atoms with Gasteiger partial charge in [-0.1, -0.05) is 45.9 Å². The molecule has 0 spiro atoms. The van der Waals surface area contributed by atoms with Gasteiger partial charge in [0, 0.05) is 0 Å². The Morgan fingerprint density at radius 2 is 1.39 bits per heavy atom. The molecule has 2 heteroatoms. The van der Waals surface area contributed by atoms with Gasteiger partial charge in [0.05, 0.1) is 13.2 Å². The van der Waals surface area contributed by atoms with Gasteiger partial charge in [0.2, 0.25) is 0 Å². The molecule has 0 aliphatic heterocycles. The maximum atomic E-state index is 6.04. The van der Waals surface area contributed by atoms with Gasteiger partial charge in [-0.05, 0) is 60.1 Å². The predicted molar refractivity (Wildman–Crippen MR) is 98.6 cm³/mol. The van der Waals surface area contributed by atoms with Crippen LogP contribution in [0.4, 0.5) is 0 Å². The van der Waals surface area contributed by atoms with Crippen molar-refractivity contribution in [2.75, 3.05) is 13.2 Å². The van der Waals surface area contributed by atoms with Crippen molar-refractivity contribution in [3.05, 3.63) is 35.9 Å². The minimum absolute atomic E-state index is 0.641. The fraction of sp³-hybridized carbons (Fsp3) is 0.524. The molecular weight excluding hydrogens is 284 g/mol. The van der Waals surface area contributed by atoms with E-state index in [9.17, 15) is 0 Å². The van der Waals surface area contributed by atoms with E-state index in [4.69, 9.17) is 9.47 Å². The molecule has 0 radical (unpaired) electrons. The highest BCUT2D eigenvalue weighted by atomic mass is 16.5. The van der Waals surface area contributed by atoms with Crippen LogP contribution in [0.3, 0.4) is 0 Å². The Kier molecular flexibility index (Phi) is 6.32. The highest BCUT2D eigenvalue weighted by Gasteiger charge is 2.10. The Morgan fingerprint density at radius 3 is 1.96 bits per heavy atom. The smallest absolute Gasteiger partial charge is 0.161 e. The van der Waals surface area contributed by atoms with Crippen molar-refractivity contribution in [1.82, 2.24) is 0 Å². The number of rotatable bonds is 8. The van der Waals surface area contributed by atoms with Crippen LogP contribution in [-0.4, -0.2) is 13.2 Å². The van der Waals surface area contributed by atoms with Crippen molar-refractivity contribution in [2.24, 2.45) is 11.8 Å². The summed E-state index contributed by atoms with van der Waals surface area (Å²) in [6, 6.07) is 10.6. The van der Waals surface area contributed by atoms with Crippen LogP contribution in [0, 0.1) is 18.8 Å². The van der Waals surface area contributed by atoms with Crippen LogP contribution in [0.25, 0.3) is 10.8 Å². The lowest BCUT2D eigenvalue weighted by atomic mass is 10.0. The van der Waals surface area contributed by atoms with E-state index < -0.39 is 0 Å². The summed E-state index contributed by atoms with van der Waals surface area (Å²) in [5.74, 6) is 3.02. The minimum Gasteiger partial charge on any atom is -0.490 e. The first-order valence-corrected chi connectivity index (χ1v) is 8.76. The Bertz CT molecular complexity index is 629. The number of hydrogen-bond donors (Lipinski definition) is 0. The third-order valence-electron chi connectivity index (χ3n) is 4.07. The summed E-state index contributed by atoms with van der Waals surface area (Å²) in [5.41, 5.74) is 1.27. The van der Waals surface area contributed by atoms with Crippen LogP contribution in [0.2, 0.25) is 0 Å². The molecule has 0 aliphatic carbocycles. The number of fused-ring (bicyclic) bond motifs is 1. The molecule has 2 aromatic rings. The largest absolute Gasteiger partial charge is 0.490 e. The maximum absolute atomic E-state index is 6.04. The SMILES string of the molecule is Cc1cccc2cc(OCCC(C)C)c(OCCC(C)C)cc12. The van der Waals surface area contributed by atoms with Crippen molar-refractivity contribution in [1.29, 1.82) is 0 Å². The molecule has 0 atom stereocenters. The van der Waals surface area contributed by atoms with Crippen molar-refractivity contribution in [2.45, 2.75) is 47.5 Å². The molecule has 0 unspecified atom stereocenters. The maximum Gasteiger partial charge on any atom is 0.161 e. The average molecular weight is 314 g/mol. The zero-order valence-electron chi connectivity index (χ0n) is 15.2. The van der Waals surface area contributed by atoms with E-state index in [-0.39, 0.29) is 0 Å². The van der Waals surface area contributed by atoms with Crippen molar-refractivity contribution >= 4 is 10.8 Å². The van der Waals surface area contributed by atoms with Crippen molar-refractivity contribution in [3.8, 4) is 11.5 Å². The molecule has 0 aromatic heterocycles. The Hall–Kier alpha value is -1.70. The molecule has 2 nitrogen and oxygen atoms in total. The predicted octanol–water partition coefficient (Wildman–Crippen LogP) is 6.00. The molecule has 0 amide bonds. The van der Waals surface area contributed by atoms with Gasteiger partial charge in [-0.25, -0.2) is 0 Å². The van der Waals surface area contributed by atoms with Crippen molar-refractivity contribution in [3.63, 3.8) is 0 Å². The second-order valence-electron chi connectivity index (χ2n) is 7.16. The van der Waals surface area contributed by atoms with Gasteiger partial charge in [0.25, 0.3) is 0 Å². The summed E-state index contributed by atoms with van der Waals surface area (Å²) in [4.78, 5) is 0. The van der Waals surface area contributed by atoms with Gasteiger partial charge in [0.15, 0.2) is 11.5 Å². The third kappa shape index (κ3) is 5.16. The molecule has 0 saturated carbocycles. The normalized spacial score (nSPS) is 11.4.